The van der Waals surface area contributed by atoms with Crippen LogP contribution in [0.1, 0.15) is 25.6 Å². The van der Waals surface area contributed by atoms with Gasteiger partial charge in [0.1, 0.15) is 11.6 Å². The van der Waals surface area contributed by atoms with Gasteiger partial charge in [-0.15, -0.1) is 0 Å². The van der Waals surface area contributed by atoms with Crippen LogP contribution in [0.25, 0.3) is 11.2 Å². The summed E-state index contributed by atoms with van der Waals surface area (Å²) < 4.78 is 1.69. The molecule has 0 radical (unpaired) electrons. The molecule has 6 nitrogen and oxygen atoms in total. The standard InChI is InChI=1S/C13H19N5O/c1-5-17(4)12(19)9(3)18-11-10(16-13(18)14)7-6-8(2)15-11/h6-7,9H,5H2,1-4H3,(H2,14,16). The number of imidazole rings is 1. The number of pyridine rings is 1. The Balaban J connectivity index is 2.52. The molecule has 0 saturated heterocycles. The summed E-state index contributed by atoms with van der Waals surface area (Å²) in [5.41, 5.74) is 8.16. The highest BCUT2D eigenvalue weighted by molar-refractivity contribution is 5.84. The van der Waals surface area contributed by atoms with E-state index >= 15 is 0 Å². The highest BCUT2D eigenvalue weighted by atomic mass is 16.2. The minimum atomic E-state index is -0.413. The molecule has 2 aromatic heterocycles. The average Bonchev–Trinajstić information content (AvgIpc) is 2.71. The number of hydrogen-bond donors (Lipinski definition) is 1. The summed E-state index contributed by atoms with van der Waals surface area (Å²) in [7, 11) is 1.77. The predicted molar refractivity (Wildman–Crippen MR) is 74.7 cm³/mol. The molecule has 1 unspecified atom stereocenters. The largest absolute Gasteiger partial charge is 0.369 e. The molecule has 0 saturated carbocycles. The number of nitrogens with zero attached hydrogens (tertiary/aromatic N) is 4. The number of anilines is 1. The van der Waals surface area contributed by atoms with Gasteiger partial charge < -0.3 is 10.6 Å². The Morgan fingerprint density at radius 3 is 2.79 bits per heavy atom. The quantitative estimate of drug-likeness (QED) is 0.905. The smallest absolute Gasteiger partial charge is 0.245 e. The highest BCUT2D eigenvalue weighted by Crippen LogP contribution is 2.22. The van der Waals surface area contributed by atoms with Crippen LogP contribution in [0.5, 0.6) is 0 Å². The van der Waals surface area contributed by atoms with Crippen molar-refractivity contribution in [3.8, 4) is 0 Å². The van der Waals surface area contributed by atoms with Crippen LogP contribution in [0.3, 0.4) is 0 Å². The number of carbonyl (C=O) groups excluding carboxylic acids is 1. The number of hydrogen-bond acceptors (Lipinski definition) is 4. The molecule has 0 bridgehead atoms. The summed E-state index contributed by atoms with van der Waals surface area (Å²) in [6, 6.07) is 3.33. The molecule has 0 aliphatic carbocycles. The van der Waals surface area contributed by atoms with Crippen molar-refractivity contribution in [3.63, 3.8) is 0 Å². The summed E-state index contributed by atoms with van der Waals surface area (Å²) >= 11 is 0. The van der Waals surface area contributed by atoms with Crippen molar-refractivity contribution in [2.24, 2.45) is 0 Å². The van der Waals surface area contributed by atoms with Crippen molar-refractivity contribution >= 4 is 23.0 Å². The van der Waals surface area contributed by atoms with E-state index in [1.54, 1.807) is 16.5 Å². The van der Waals surface area contributed by atoms with E-state index < -0.39 is 6.04 Å². The Morgan fingerprint density at radius 2 is 2.16 bits per heavy atom. The number of aryl methyl sites for hydroxylation is 1. The van der Waals surface area contributed by atoms with E-state index in [0.717, 1.165) is 5.69 Å². The zero-order valence-electron chi connectivity index (χ0n) is 11.7. The third kappa shape index (κ3) is 2.25. The van der Waals surface area contributed by atoms with Crippen LogP contribution >= 0.6 is 0 Å². The van der Waals surface area contributed by atoms with Gasteiger partial charge in [0.25, 0.3) is 0 Å². The van der Waals surface area contributed by atoms with Gasteiger partial charge in [-0.3, -0.25) is 9.36 Å². The van der Waals surface area contributed by atoms with Gasteiger partial charge in [-0.2, -0.15) is 0 Å². The zero-order valence-corrected chi connectivity index (χ0v) is 11.7. The first kappa shape index (κ1) is 13.3. The van der Waals surface area contributed by atoms with Gasteiger partial charge in [-0.1, -0.05) is 0 Å². The normalized spacial score (nSPS) is 12.6. The van der Waals surface area contributed by atoms with Crippen molar-refractivity contribution in [1.29, 1.82) is 0 Å². The first-order valence-corrected chi connectivity index (χ1v) is 6.31. The maximum absolute atomic E-state index is 12.2. The molecule has 2 N–H and O–H groups in total. The van der Waals surface area contributed by atoms with Gasteiger partial charge in [-0.05, 0) is 32.9 Å². The average molecular weight is 261 g/mol. The summed E-state index contributed by atoms with van der Waals surface area (Å²) in [5, 5.41) is 0. The Kier molecular flexibility index (Phi) is 3.42. The van der Waals surface area contributed by atoms with Crippen molar-refractivity contribution in [1.82, 2.24) is 19.4 Å². The van der Waals surface area contributed by atoms with Crippen molar-refractivity contribution in [3.05, 3.63) is 17.8 Å². The minimum absolute atomic E-state index is 0.00296. The first-order chi connectivity index (χ1) is 8.95. The van der Waals surface area contributed by atoms with Crippen LogP contribution in [-0.4, -0.2) is 38.9 Å². The molecule has 102 valence electrons. The Morgan fingerprint density at radius 1 is 1.47 bits per heavy atom. The number of fused-ring (bicyclic) bond motifs is 1. The van der Waals surface area contributed by atoms with Gasteiger partial charge in [0.2, 0.25) is 11.9 Å². The zero-order chi connectivity index (χ0) is 14.2. The fraction of sp³-hybridized carbons (Fsp3) is 0.462. The second-order valence-electron chi connectivity index (χ2n) is 4.66. The Hall–Kier alpha value is -2.11. The lowest BCUT2D eigenvalue weighted by atomic mass is 10.2. The van der Waals surface area contributed by atoms with Crippen LogP contribution in [0.15, 0.2) is 12.1 Å². The second-order valence-corrected chi connectivity index (χ2v) is 4.66. The minimum Gasteiger partial charge on any atom is -0.369 e. The molecule has 0 aliphatic heterocycles. The summed E-state index contributed by atoms with van der Waals surface area (Å²) in [4.78, 5) is 22.6. The van der Waals surface area contributed by atoms with Gasteiger partial charge in [0, 0.05) is 19.3 Å². The molecular weight excluding hydrogens is 242 g/mol. The van der Waals surface area contributed by atoms with Gasteiger partial charge in [0.15, 0.2) is 5.65 Å². The molecule has 2 heterocycles. The summed E-state index contributed by atoms with van der Waals surface area (Å²) in [6.45, 7) is 6.30. The van der Waals surface area contributed by atoms with Crippen molar-refractivity contribution in [2.45, 2.75) is 26.8 Å². The molecular formula is C13H19N5O. The SMILES string of the molecule is CCN(C)C(=O)C(C)n1c(N)nc2ccc(C)nc21. The lowest BCUT2D eigenvalue weighted by Gasteiger charge is -2.21. The van der Waals surface area contributed by atoms with Crippen molar-refractivity contribution in [2.75, 3.05) is 19.3 Å². The highest BCUT2D eigenvalue weighted by Gasteiger charge is 2.23. The molecule has 0 aliphatic rings. The molecule has 6 heteroatoms. The van der Waals surface area contributed by atoms with Gasteiger partial charge in [0.05, 0.1) is 0 Å². The van der Waals surface area contributed by atoms with Crippen LogP contribution in [0, 0.1) is 6.92 Å². The lowest BCUT2D eigenvalue weighted by Crippen LogP contribution is -2.33. The number of aromatic nitrogens is 3. The van der Waals surface area contributed by atoms with E-state index in [2.05, 4.69) is 9.97 Å². The lowest BCUT2D eigenvalue weighted by molar-refractivity contribution is -0.132. The number of nitrogens with two attached hydrogens (primary N) is 1. The van der Waals surface area contributed by atoms with E-state index in [4.69, 9.17) is 5.73 Å². The molecule has 0 fully saturated rings. The maximum Gasteiger partial charge on any atom is 0.245 e. The number of rotatable bonds is 3. The first-order valence-electron chi connectivity index (χ1n) is 6.31. The fourth-order valence-corrected chi connectivity index (χ4v) is 2.05. The number of nitrogen functional groups attached to an aromatic ring is 1. The summed E-state index contributed by atoms with van der Waals surface area (Å²) in [6.07, 6.45) is 0. The predicted octanol–water partition coefficient (Wildman–Crippen LogP) is 1.36. The Labute approximate surface area is 112 Å². The van der Waals surface area contributed by atoms with Gasteiger partial charge >= 0.3 is 0 Å². The number of amides is 1. The molecule has 19 heavy (non-hydrogen) atoms. The van der Waals surface area contributed by atoms with Crippen molar-refractivity contribution < 1.29 is 4.79 Å². The number of likely N-dealkylation sites (N-methyl/N-ethyl adjacent to an activating group) is 1. The Bertz CT molecular complexity index is 619. The van der Waals surface area contributed by atoms with Crippen LogP contribution < -0.4 is 5.73 Å². The molecule has 1 amide bonds. The van der Waals surface area contributed by atoms with E-state index in [9.17, 15) is 4.79 Å². The molecule has 2 rings (SSSR count). The van der Waals surface area contributed by atoms with E-state index in [0.29, 0.717) is 23.7 Å². The van der Waals surface area contributed by atoms with Crippen LogP contribution in [-0.2, 0) is 4.79 Å². The third-order valence-corrected chi connectivity index (χ3v) is 3.30. The molecule has 1 atom stereocenters. The summed E-state index contributed by atoms with van der Waals surface area (Å²) in [5.74, 6) is 0.315. The van der Waals surface area contributed by atoms with E-state index in [1.807, 2.05) is 32.9 Å². The van der Waals surface area contributed by atoms with E-state index in [-0.39, 0.29) is 5.91 Å². The number of carbonyl (C=O) groups is 1. The van der Waals surface area contributed by atoms with E-state index in [1.165, 1.54) is 0 Å². The maximum atomic E-state index is 12.2. The monoisotopic (exact) mass is 261 g/mol. The molecule has 0 aromatic carbocycles. The topological polar surface area (TPSA) is 77.0 Å². The third-order valence-electron chi connectivity index (χ3n) is 3.30. The molecule has 0 spiro atoms. The van der Waals surface area contributed by atoms with Gasteiger partial charge in [-0.25, -0.2) is 9.97 Å². The molecule has 2 aromatic rings. The van der Waals surface area contributed by atoms with Crippen LogP contribution in [0.2, 0.25) is 0 Å². The fourth-order valence-electron chi connectivity index (χ4n) is 2.05. The van der Waals surface area contributed by atoms with Crippen LogP contribution in [0.4, 0.5) is 5.95 Å². The second kappa shape index (κ2) is 4.87.